The first-order valence-corrected chi connectivity index (χ1v) is 5.70. The zero-order valence-corrected chi connectivity index (χ0v) is 9.82. The van der Waals surface area contributed by atoms with Gasteiger partial charge in [-0.25, -0.2) is 9.89 Å². The lowest BCUT2D eigenvalue weighted by Gasteiger charge is -2.09. The summed E-state index contributed by atoms with van der Waals surface area (Å²) in [5.41, 5.74) is 5.05. The topological polar surface area (TPSA) is 114 Å². The van der Waals surface area contributed by atoms with Crippen LogP contribution in [0.3, 0.4) is 0 Å². The van der Waals surface area contributed by atoms with E-state index in [4.69, 9.17) is 10.8 Å². The van der Waals surface area contributed by atoms with Crippen LogP contribution in [-0.4, -0.2) is 37.6 Å². The Hall–Kier alpha value is -1.28. The number of carboxylic acids is 1. The largest absolute Gasteiger partial charge is 0.480 e. The normalized spacial score (nSPS) is 13.0. The first kappa shape index (κ1) is 12.8. The van der Waals surface area contributed by atoms with E-state index in [1.54, 1.807) is 0 Å². The number of carbonyl (C=O) groups is 1. The van der Waals surface area contributed by atoms with E-state index in [9.17, 15) is 9.59 Å². The lowest BCUT2D eigenvalue weighted by molar-refractivity contribution is -0.137. The van der Waals surface area contributed by atoms with E-state index in [2.05, 4.69) is 10.2 Å². The van der Waals surface area contributed by atoms with Gasteiger partial charge in [-0.3, -0.25) is 9.36 Å². The summed E-state index contributed by atoms with van der Waals surface area (Å²) in [6.07, 6.45) is 0. The van der Waals surface area contributed by atoms with E-state index in [-0.39, 0.29) is 17.5 Å². The van der Waals surface area contributed by atoms with Crippen LogP contribution in [-0.2, 0) is 4.79 Å². The Morgan fingerprint density at radius 1 is 1.69 bits per heavy atom. The van der Waals surface area contributed by atoms with Crippen molar-refractivity contribution in [2.75, 3.05) is 5.75 Å². The maximum Gasteiger partial charge on any atom is 0.344 e. The molecule has 1 rings (SSSR count). The molecule has 0 aliphatic heterocycles. The molecule has 0 aromatic carbocycles. The third-order valence-electron chi connectivity index (χ3n) is 1.90. The number of nitrogens with zero attached hydrogens (tertiary/aromatic N) is 2. The molecular formula is C8H14N4O3S. The number of rotatable bonds is 5. The molecule has 0 aliphatic carbocycles. The first-order chi connectivity index (χ1) is 7.43. The molecule has 0 saturated heterocycles. The molecule has 1 aromatic rings. The SMILES string of the molecule is CC(C)n1c(SCC(N)C(=O)O)n[nH]c1=O. The predicted octanol–water partition coefficient (Wildman–Crippen LogP) is -0.344. The van der Waals surface area contributed by atoms with Gasteiger partial charge in [0.05, 0.1) is 0 Å². The molecule has 1 heterocycles. The van der Waals surface area contributed by atoms with E-state index in [1.807, 2.05) is 13.8 Å². The number of nitrogens with two attached hydrogens (primary N) is 1. The molecule has 0 saturated carbocycles. The Balaban J connectivity index is 2.75. The van der Waals surface area contributed by atoms with Gasteiger partial charge in [0.25, 0.3) is 0 Å². The predicted molar refractivity (Wildman–Crippen MR) is 59.6 cm³/mol. The molecule has 1 atom stereocenters. The Bertz CT molecular complexity index is 425. The van der Waals surface area contributed by atoms with E-state index in [1.165, 1.54) is 4.57 Å². The van der Waals surface area contributed by atoms with Crippen molar-refractivity contribution in [3.8, 4) is 0 Å². The maximum absolute atomic E-state index is 11.3. The second kappa shape index (κ2) is 5.17. The molecule has 4 N–H and O–H groups in total. The quantitative estimate of drug-likeness (QED) is 0.612. The smallest absolute Gasteiger partial charge is 0.344 e. The van der Waals surface area contributed by atoms with Gasteiger partial charge in [-0.2, -0.15) is 0 Å². The van der Waals surface area contributed by atoms with Crippen molar-refractivity contribution in [3.05, 3.63) is 10.5 Å². The molecule has 0 amide bonds. The molecule has 0 aliphatic rings. The zero-order chi connectivity index (χ0) is 12.3. The van der Waals surface area contributed by atoms with Gasteiger partial charge in [0.1, 0.15) is 6.04 Å². The van der Waals surface area contributed by atoms with E-state index >= 15 is 0 Å². The average Bonchev–Trinajstić information content (AvgIpc) is 2.55. The second-order valence-electron chi connectivity index (χ2n) is 3.53. The van der Waals surface area contributed by atoms with Crippen molar-refractivity contribution < 1.29 is 9.90 Å². The molecule has 1 unspecified atom stereocenters. The lowest BCUT2D eigenvalue weighted by Crippen LogP contribution is -2.32. The molecule has 90 valence electrons. The number of nitrogens with one attached hydrogen (secondary N) is 1. The minimum Gasteiger partial charge on any atom is -0.480 e. The van der Waals surface area contributed by atoms with Crippen LogP contribution < -0.4 is 11.4 Å². The van der Waals surface area contributed by atoms with Gasteiger partial charge in [-0.1, -0.05) is 11.8 Å². The van der Waals surface area contributed by atoms with Crippen molar-refractivity contribution in [1.29, 1.82) is 0 Å². The fourth-order valence-electron chi connectivity index (χ4n) is 1.08. The zero-order valence-electron chi connectivity index (χ0n) is 9.01. The standard InChI is InChI=1S/C8H14N4O3S/c1-4(2)12-7(15)10-11-8(12)16-3-5(9)6(13)14/h4-5H,3,9H2,1-2H3,(H,10,15)(H,13,14). The van der Waals surface area contributed by atoms with Crippen molar-refractivity contribution in [3.63, 3.8) is 0 Å². The number of thioether (sulfide) groups is 1. The number of H-pyrrole nitrogens is 1. The summed E-state index contributed by atoms with van der Waals surface area (Å²) in [6.45, 7) is 3.69. The fraction of sp³-hybridized carbons (Fsp3) is 0.625. The number of hydrogen-bond acceptors (Lipinski definition) is 5. The number of aliphatic carboxylic acids is 1. The summed E-state index contributed by atoms with van der Waals surface area (Å²) >= 11 is 1.15. The third kappa shape index (κ3) is 2.86. The van der Waals surface area contributed by atoms with Crippen molar-refractivity contribution in [1.82, 2.24) is 14.8 Å². The molecule has 0 spiro atoms. The highest BCUT2D eigenvalue weighted by Gasteiger charge is 2.16. The number of aromatic amines is 1. The third-order valence-corrected chi connectivity index (χ3v) is 2.97. The average molecular weight is 246 g/mol. The van der Waals surface area contributed by atoms with Gasteiger partial charge in [0.15, 0.2) is 5.16 Å². The molecule has 16 heavy (non-hydrogen) atoms. The molecule has 0 bridgehead atoms. The van der Waals surface area contributed by atoms with Crippen LogP contribution in [0.5, 0.6) is 0 Å². The highest BCUT2D eigenvalue weighted by atomic mass is 32.2. The van der Waals surface area contributed by atoms with Gasteiger partial charge < -0.3 is 10.8 Å². The Kier molecular flexibility index (Phi) is 4.13. The van der Waals surface area contributed by atoms with Crippen LogP contribution in [0.1, 0.15) is 19.9 Å². The Labute approximate surface area is 96.0 Å². The van der Waals surface area contributed by atoms with Crippen LogP contribution in [0.4, 0.5) is 0 Å². The minimum atomic E-state index is -1.07. The van der Waals surface area contributed by atoms with Crippen LogP contribution >= 0.6 is 11.8 Å². The molecular weight excluding hydrogens is 232 g/mol. The van der Waals surface area contributed by atoms with E-state index < -0.39 is 12.0 Å². The molecule has 0 fully saturated rings. The van der Waals surface area contributed by atoms with Crippen LogP contribution in [0.15, 0.2) is 9.95 Å². The summed E-state index contributed by atoms with van der Waals surface area (Å²) in [7, 11) is 0. The Morgan fingerprint density at radius 2 is 2.31 bits per heavy atom. The highest BCUT2D eigenvalue weighted by molar-refractivity contribution is 7.99. The van der Waals surface area contributed by atoms with Crippen LogP contribution in [0.2, 0.25) is 0 Å². The summed E-state index contributed by atoms with van der Waals surface area (Å²) < 4.78 is 1.46. The summed E-state index contributed by atoms with van der Waals surface area (Å²) in [5.74, 6) is -0.895. The van der Waals surface area contributed by atoms with Crippen molar-refractivity contribution >= 4 is 17.7 Å². The summed E-state index contributed by atoms with van der Waals surface area (Å²) in [6, 6.07) is -0.993. The number of carboxylic acid groups (broad SMARTS) is 1. The van der Waals surface area contributed by atoms with Crippen molar-refractivity contribution in [2.45, 2.75) is 31.1 Å². The van der Waals surface area contributed by atoms with Gasteiger partial charge in [0, 0.05) is 11.8 Å². The summed E-state index contributed by atoms with van der Waals surface area (Å²) in [4.78, 5) is 21.9. The van der Waals surface area contributed by atoms with Crippen LogP contribution in [0.25, 0.3) is 0 Å². The van der Waals surface area contributed by atoms with Gasteiger partial charge in [-0.05, 0) is 13.8 Å². The van der Waals surface area contributed by atoms with Gasteiger partial charge in [0.2, 0.25) is 0 Å². The first-order valence-electron chi connectivity index (χ1n) is 4.71. The minimum absolute atomic E-state index is 0.0326. The van der Waals surface area contributed by atoms with Crippen molar-refractivity contribution in [2.24, 2.45) is 5.73 Å². The van der Waals surface area contributed by atoms with E-state index in [0.717, 1.165) is 11.8 Å². The number of aromatic nitrogens is 3. The van der Waals surface area contributed by atoms with Gasteiger partial charge >= 0.3 is 11.7 Å². The van der Waals surface area contributed by atoms with Crippen LogP contribution in [0, 0.1) is 0 Å². The maximum atomic E-state index is 11.3. The molecule has 0 radical (unpaired) electrons. The monoisotopic (exact) mass is 246 g/mol. The molecule has 8 heteroatoms. The Morgan fingerprint density at radius 3 is 2.81 bits per heavy atom. The molecule has 1 aromatic heterocycles. The summed E-state index contributed by atoms with van der Waals surface area (Å²) in [5, 5.41) is 15.2. The lowest BCUT2D eigenvalue weighted by atomic mass is 10.4. The van der Waals surface area contributed by atoms with Gasteiger partial charge in [-0.15, -0.1) is 5.10 Å². The molecule has 7 nitrogen and oxygen atoms in total. The second-order valence-corrected chi connectivity index (χ2v) is 4.52. The highest BCUT2D eigenvalue weighted by Crippen LogP contribution is 2.17. The number of hydrogen-bond donors (Lipinski definition) is 3. The fourth-order valence-corrected chi connectivity index (χ4v) is 2.10. The van der Waals surface area contributed by atoms with E-state index in [0.29, 0.717) is 5.16 Å².